The molecule has 0 unspecified atom stereocenters. The third kappa shape index (κ3) is 1.87. The Hall–Kier alpha value is -1.97. The molecule has 0 aromatic heterocycles. The first-order valence-electron chi connectivity index (χ1n) is 6.19. The van der Waals surface area contributed by atoms with Crippen LogP contribution in [0.15, 0.2) is 54.6 Å². The van der Waals surface area contributed by atoms with E-state index in [1.54, 1.807) is 0 Å². The molecule has 0 saturated carbocycles. The molecule has 2 aromatic rings. The zero-order valence-electron chi connectivity index (χ0n) is 10.3. The van der Waals surface area contributed by atoms with Crippen molar-refractivity contribution < 1.29 is 15.0 Å². The average Bonchev–Trinajstić information content (AvgIpc) is 2.75. The van der Waals surface area contributed by atoms with Crippen LogP contribution in [-0.2, 0) is 4.79 Å². The highest BCUT2D eigenvalue weighted by Crippen LogP contribution is 2.36. The molecule has 2 aromatic carbocycles. The topological polar surface area (TPSA) is 57.5 Å². The van der Waals surface area contributed by atoms with Gasteiger partial charge in [-0.1, -0.05) is 42.5 Å². The van der Waals surface area contributed by atoms with Gasteiger partial charge in [0.15, 0.2) is 5.78 Å². The van der Waals surface area contributed by atoms with Crippen molar-refractivity contribution in [2.45, 2.75) is 11.5 Å². The number of aliphatic hydroxyl groups excluding tert-OH is 1. The second-order valence-corrected chi connectivity index (χ2v) is 4.92. The van der Waals surface area contributed by atoms with E-state index in [1.165, 1.54) is 12.2 Å². The first-order valence-corrected chi connectivity index (χ1v) is 6.19. The number of ketones is 1. The van der Waals surface area contributed by atoms with Crippen LogP contribution in [0.2, 0.25) is 0 Å². The van der Waals surface area contributed by atoms with Gasteiger partial charge in [0.2, 0.25) is 0 Å². The van der Waals surface area contributed by atoms with Crippen molar-refractivity contribution in [1.29, 1.82) is 0 Å². The van der Waals surface area contributed by atoms with Crippen LogP contribution in [-0.4, -0.2) is 28.2 Å². The fraction of sp³-hybridized carbons (Fsp3) is 0.188. The molecule has 96 valence electrons. The molecule has 0 saturated heterocycles. The molecular formula is C16H14O3. The second kappa shape index (κ2) is 4.30. The van der Waals surface area contributed by atoms with Crippen molar-refractivity contribution >= 4 is 16.6 Å². The fourth-order valence-corrected chi connectivity index (χ4v) is 2.65. The molecular weight excluding hydrogens is 240 g/mol. The molecule has 0 bridgehead atoms. The predicted molar refractivity (Wildman–Crippen MR) is 72.9 cm³/mol. The fourth-order valence-electron chi connectivity index (χ4n) is 2.65. The van der Waals surface area contributed by atoms with Crippen molar-refractivity contribution in [3.05, 3.63) is 60.2 Å². The molecule has 0 aliphatic heterocycles. The maximum atomic E-state index is 11.9. The van der Waals surface area contributed by atoms with Gasteiger partial charge >= 0.3 is 0 Å². The molecule has 2 N–H and O–H groups in total. The molecule has 1 aliphatic carbocycles. The number of carbonyl (C=O) groups is 1. The van der Waals surface area contributed by atoms with Crippen LogP contribution >= 0.6 is 0 Å². The van der Waals surface area contributed by atoms with Crippen LogP contribution in [0.1, 0.15) is 11.5 Å². The Morgan fingerprint density at radius 3 is 2.58 bits per heavy atom. The van der Waals surface area contributed by atoms with Crippen LogP contribution in [0.3, 0.4) is 0 Å². The highest BCUT2D eigenvalue weighted by Gasteiger charge is 2.43. The van der Waals surface area contributed by atoms with Gasteiger partial charge in [-0.2, -0.15) is 0 Å². The Morgan fingerprint density at radius 2 is 1.84 bits per heavy atom. The number of allylic oxidation sites excluding steroid dienone is 1. The number of rotatable bonds is 2. The first kappa shape index (κ1) is 12.1. The van der Waals surface area contributed by atoms with E-state index in [1.807, 2.05) is 42.5 Å². The summed E-state index contributed by atoms with van der Waals surface area (Å²) in [5.74, 6) is -0.895. The summed E-state index contributed by atoms with van der Waals surface area (Å²) in [7, 11) is 0. The van der Waals surface area contributed by atoms with Crippen molar-refractivity contribution in [2.24, 2.45) is 0 Å². The third-order valence-electron chi connectivity index (χ3n) is 3.68. The quantitative estimate of drug-likeness (QED) is 0.859. The van der Waals surface area contributed by atoms with Gasteiger partial charge in [0.05, 0.1) is 12.5 Å². The molecule has 3 heteroatoms. The molecule has 0 radical (unpaired) electrons. The van der Waals surface area contributed by atoms with Gasteiger partial charge in [-0.25, -0.2) is 0 Å². The van der Waals surface area contributed by atoms with E-state index in [9.17, 15) is 15.0 Å². The van der Waals surface area contributed by atoms with Crippen molar-refractivity contribution in [3.63, 3.8) is 0 Å². The largest absolute Gasteiger partial charge is 0.393 e. The maximum absolute atomic E-state index is 11.9. The summed E-state index contributed by atoms with van der Waals surface area (Å²) in [6, 6.07) is 13.5. The van der Waals surface area contributed by atoms with E-state index in [-0.39, 0.29) is 5.78 Å². The van der Waals surface area contributed by atoms with Gasteiger partial charge in [0.1, 0.15) is 5.60 Å². The van der Waals surface area contributed by atoms with Crippen LogP contribution < -0.4 is 0 Å². The minimum Gasteiger partial charge on any atom is -0.393 e. The number of carbonyl (C=O) groups excluding carboxylic acids is 1. The summed E-state index contributed by atoms with van der Waals surface area (Å²) < 4.78 is 0. The van der Waals surface area contributed by atoms with Gasteiger partial charge in [-0.3, -0.25) is 4.79 Å². The second-order valence-electron chi connectivity index (χ2n) is 4.92. The molecule has 1 aliphatic rings. The van der Waals surface area contributed by atoms with Crippen LogP contribution in [0.25, 0.3) is 10.8 Å². The molecule has 19 heavy (non-hydrogen) atoms. The minimum atomic E-state index is -1.49. The van der Waals surface area contributed by atoms with Gasteiger partial charge in [0.25, 0.3) is 0 Å². The third-order valence-corrected chi connectivity index (χ3v) is 3.68. The van der Waals surface area contributed by atoms with Crippen molar-refractivity contribution in [1.82, 2.24) is 0 Å². The lowest BCUT2D eigenvalue weighted by molar-refractivity contribution is -0.119. The monoisotopic (exact) mass is 254 g/mol. The maximum Gasteiger partial charge on any atom is 0.166 e. The number of hydrogen-bond acceptors (Lipinski definition) is 3. The number of aliphatic hydroxyl groups is 2. The van der Waals surface area contributed by atoms with Crippen LogP contribution in [0, 0.1) is 0 Å². The SMILES string of the molecule is O=C1C=C[C@@](O)(CO)[C@H]1c1ccc2ccccc2c1. The number of hydrogen-bond donors (Lipinski definition) is 2. The van der Waals surface area contributed by atoms with Crippen LogP contribution in [0.5, 0.6) is 0 Å². The number of fused-ring (bicyclic) bond motifs is 1. The number of benzene rings is 2. The molecule has 3 rings (SSSR count). The van der Waals surface area contributed by atoms with Gasteiger partial charge in [-0.15, -0.1) is 0 Å². The smallest absolute Gasteiger partial charge is 0.166 e. The Morgan fingerprint density at radius 1 is 1.11 bits per heavy atom. The van der Waals surface area contributed by atoms with E-state index >= 15 is 0 Å². The predicted octanol–water partition coefficient (Wildman–Crippen LogP) is 1.79. The molecule has 0 spiro atoms. The van der Waals surface area contributed by atoms with E-state index in [0.29, 0.717) is 0 Å². The lowest BCUT2D eigenvalue weighted by atomic mass is 9.83. The summed E-state index contributed by atoms with van der Waals surface area (Å²) in [4.78, 5) is 11.9. The standard InChI is InChI=1S/C16H14O3/c17-10-16(19)8-7-14(18)15(16)13-6-5-11-3-1-2-4-12(11)9-13/h1-9,15,17,19H,10H2/t15-,16+/m0/s1. The normalized spacial score (nSPS) is 26.2. The lowest BCUT2D eigenvalue weighted by Crippen LogP contribution is -2.37. The zero-order chi connectivity index (χ0) is 13.5. The Balaban J connectivity index is 2.11. The molecule has 0 fully saturated rings. The van der Waals surface area contributed by atoms with E-state index in [2.05, 4.69) is 0 Å². The van der Waals surface area contributed by atoms with E-state index in [4.69, 9.17) is 0 Å². The minimum absolute atomic E-state index is 0.174. The van der Waals surface area contributed by atoms with E-state index in [0.717, 1.165) is 16.3 Å². The summed E-state index contributed by atoms with van der Waals surface area (Å²) >= 11 is 0. The summed E-state index contributed by atoms with van der Waals surface area (Å²) in [5.41, 5.74) is -0.759. The highest BCUT2D eigenvalue weighted by atomic mass is 16.3. The Kier molecular flexibility index (Phi) is 2.73. The van der Waals surface area contributed by atoms with Crippen molar-refractivity contribution in [2.75, 3.05) is 6.61 Å². The zero-order valence-corrected chi connectivity index (χ0v) is 10.3. The molecule has 2 atom stereocenters. The Bertz CT molecular complexity index is 675. The Labute approximate surface area is 110 Å². The summed E-state index contributed by atoms with van der Waals surface area (Å²) in [5, 5.41) is 21.7. The van der Waals surface area contributed by atoms with E-state index < -0.39 is 18.1 Å². The van der Waals surface area contributed by atoms with Gasteiger partial charge in [-0.05, 0) is 28.5 Å². The molecule has 0 heterocycles. The summed E-state index contributed by atoms with van der Waals surface area (Å²) in [6.45, 7) is -0.466. The van der Waals surface area contributed by atoms with Gasteiger partial charge in [0, 0.05) is 0 Å². The molecule has 3 nitrogen and oxygen atoms in total. The summed E-state index contributed by atoms with van der Waals surface area (Å²) in [6.07, 6.45) is 2.73. The van der Waals surface area contributed by atoms with Gasteiger partial charge < -0.3 is 10.2 Å². The molecule has 0 amide bonds. The van der Waals surface area contributed by atoms with Crippen molar-refractivity contribution in [3.8, 4) is 0 Å². The van der Waals surface area contributed by atoms with Crippen LogP contribution in [0.4, 0.5) is 0 Å². The average molecular weight is 254 g/mol. The highest BCUT2D eigenvalue weighted by molar-refractivity contribution is 6.00. The first-order chi connectivity index (χ1) is 9.14. The lowest BCUT2D eigenvalue weighted by Gasteiger charge is -2.26.